The van der Waals surface area contributed by atoms with Gasteiger partial charge in [0.25, 0.3) is 0 Å². The fourth-order valence-corrected chi connectivity index (χ4v) is 2.50. The van der Waals surface area contributed by atoms with Gasteiger partial charge in [0.1, 0.15) is 0 Å². The molecule has 5 heteroatoms. The maximum absolute atomic E-state index is 11.3. The molecule has 0 saturated carbocycles. The highest BCUT2D eigenvalue weighted by atomic mass is 16.1. The van der Waals surface area contributed by atoms with Crippen LogP contribution in [0.5, 0.6) is 0 Å². The highest BCUT2D eigenvalue weighted by Gasteiger charge is 2.20. The third kappa shape index (κ3) is 2.32. The Hall–Kier alpha value is -1.59. The Morgan fingerprint density at radius 3 is 2.56 bits per heavy atom. The topological polar surface area (TPSA) is 77.9 Å². The first-order valence-electron chi connectivity index (χ1n) is 6.11. The molecule has 0 bridgehead atoms. The monoisotopic (exact) mass is 248 g/mol. The lowest BCUT2D eigenvalue weighted by molar-refractivity contribution is 0.227. The molecule has 18 heavy (non-hydrogen) atoms. The summed E-state index contributed by atoms with van der Waals surface area (Å²) in [4.78, 5) is 18.9. The Bertz CT molecular complexity index is 584. The molecule has 0 aliphatic heterocycles. The fourth-order valence-electron chi connectivity index (χ4n) is 2.50. The summed E-state index contributed by atoms with van der Waals surface area (Å²) < 4.78 is 0. The molecule has 0 saturated heterocycles. The van der Waals surface area contributed by atoms with Gasteiger partial charge >= 0.3 is 5.69 Å². The van der Waals surface area contributed by atoms with Crippen LogP contribution in [0.3, 0.4) is 0 Å². The van der Waals surface area contributed by atoms with E-state index >= 15 is 0 Å². The van der Waals surface area contributed by atoms with Gasteiger partial charge in [0.05, 0.1) is 11.0 Å². The minimum Gasteiger partial charge on any atom is -0.330 e. The summed E-state index contributed by atoms with van der Waals surface area (Å²) in [6.07, 6.45) is 0. The third-order valence-electron chi connectivity index (χ3n) is 3.35. The van der Waals surface area contributed by atoms with Gasteiger partial charge in [-0.1, -0.05) is 13.0 Å². The van der Waals surface area contributed by atoms with E-state index in [-0.39, 0.29) is 11.7 Å². The summed E-state index contributed by atoms with van der Waals surface area (Å²) >= 11 is 0. The Labute approximate surface area is 106 Å². The average Bonchev–Trinajstić information content (AvgIpc) is 2.68. The Morgan fingerprint density at radius 1 is 1.28 bits per heavy atom. The lowest BCUT2D eigenvalue weighted by Crippen LogP contribution is -2.30. The van der Waals surface area contributed by atoms with Crippen LogP contribution >= 0.6 is 0 Å². The molecule has 4 N–H and O–H groups in total. The molecular weight excluding hydrogens is 228 g/mol. The standard InChI is InChI=1S/C13H20N4O/c1-8(7-14)12(17(2)3)9-4-5-10-11(6-9)16-13(18)15-10/h4-6,8,12H,7,14H2,1-3H3,(H2,15,16,18). The van der Waals surface area contributed by atoms with Crippen LogP contribution in [0.1, 0.15) is 18.5 Å². The molecule has 0 aliphatic carbocycles. The maximum atomic E-state index is 11.3. The number of fused-ring (bicyclic) bond motifs is 1. The number of H-pyrrole nitrogens is 2. The van der Waals surface area contributed by atoms with Gasteiger partial charge in [-0.3, -0.25) is 0 Å². The van der Waals surface area contributed by atoms with E-state index in [2.05, 4.69) is 21.8 Å². The third-order valence-corrected chi connectivity index (χ3v) is 3.35. The quantitative estimate of drug-likeness (QED) is 0.757. The molecule has 1 aromatic carbocycles. The summed E-state index contributed by atoms with van der Waals surface area (Å²) in [5, 5.41) is 0. The summed E-state index contributed by atoms with van der Waals surface area (Å²) in [6.45, 7) is 2.76. The minimum absolute atomic E-state index is 0.171. The van der Waals surface area contributed by atoms with Crippen molar-refractivity contribution in [2.75, 3.05) is 20.6 Å². The lowest BCUT2D eigenvalue weighted by atomic mass is 9.93. The van der Waals surface area contributed by atoms with Crippen LogP contribution in [0, 0.1) is 5.92 Å². The van der Waals surface area contributed by atoms with Gasteiger partial charge in [0.2, 0.25) is 0 Å². The van der Waals surface area contributed by atoms with Crippen molar-refractivity contribution >= 4 is 11.0 Å². The number of hydrogen-bond donors (Lipinski definition) is 3. The zero-order valence-corrected chi connectivity index (χ0v) is 11.0. The molecule has 1 aromatic heterocycles. The minimum atomic E-state index is -0.171. The van der Waals surface area contributed by atoms with E-state index in [0.29, 0.717) is 12.5 Å². The van der Waals surface area contributed by atoms with Gasteiger partial charge in [0, 0.05) is 6.04 Å². The molecule has 1 heterocycles. The molecule has 2 atom stereocenters. The van der Waals surface area contributed by atoms with Gasteiger partial charge in [-0.15, -0.1) is 0 Å². The number of benzene rings is 1. The van der Waals surface area contributed by atoms with Crippen molar-refractivity contribution in [3.05, 3.63) is 34.2 Å². The van der Waals surface area contributed by atoms with Crippen molar-refractivity contribution in [3.63, 3.8) is 0 Å². The predicted octanol–water partition coefficient (Wildman–Crippen LogP) is 1.05. The van der Waals surface area contributed by atoms with E-state index in [9.17, 15) is 4.79 Å². The Kier molecular flexibility index (Phi) is 3.54. The second-order valence-corrected chi connectivity index (χ2v) is 5.01. The zero-order valence-electron chi connectivity index (χ0n) is 11.0. The molecule has 2 aromatic rings. The SMILES string of the molecule is CC(CN)C(c1ccc2[nH]c(=O)[nH]c2c1)N(C)C. The molecular formula is C13H20N4O. The van der Waals surface area contributed by atoms with Crippen molar-refractivity contribution in [2.24, 2.45) is 11.7 Å². The van der Waals surface area contributed by atoms with E-state index < -0.39 is 0 Å². The van der Waals surface area contributed by atoms with Crippen LogP contribution in [0.4, 0.5) is 0 Å². The number of nitrogens with two attached hydrogens (primary N) is 1. The smallest absolute Gasteiger partial charge is 0.323 e. The highest BCUT2D eigenvalue weighted by molar-refractivity contribution is 5.75. The average molecular weight is 248 g/mol. The van der Waals surface area contributed by atoms with Gasteiger partial charge < -0.3 is 20.6 Å². The normalized spacial score (nSPS) is 15.2. The number of hydrogen-bond acceptors (Lipinski definition) is 3. The first kappa shape index (κ1) is 12.9. The van der Waals surface area contributed by atoms with Crippen LogP contribution in [0.2, 0.25) is 0 Å². The van der Waals surface area contributed by atoms with E-state index in [1.165, 1.54) is 5.56 Å². The van der Waals surface area contributed by atoms with E-state index in [4.69, 9.17) is 5.73 Å². The predicted molar refractivity (Wildman–Crippen MR) is 73.6 cm³/mol. The van der Waals surface area contributed by atoms with Crippen LogP contribution < -0.4 is 11.4 Å². The second-order valence-electron chi connectivity index (χ2n) is 5.01. The first-order chi connectivity index (χ1) is 8.52. The zero-order chi connectivity index (χ0) is 13.3. The molecule has 0 radical (unpaired) electrons. The summed E-state index contributed by atoms with van der Waals surface area (Å²) in [5.74, 6) is 0.350. The van der Waals surface area contributed by atoms with Crippen molar-refractivity contribution in [2.45, 2.75) is 13.0 Å². The summed E-state index contributed by atoms with van der Waals surface area (Å²) in [6, 6.07) is 6.24. The van der Waals surface area contributed by atoms with Crippen molar-refractivity contribution in [1.29, 1.82) is 0 Å². The fraction of sp³-hybridized carbons (Fsp3) is 0.462. The summed E-state index contributed by atoms with van der Waals surface area (Å²) in [7, 11) is 4.09. The van der Waals surface area contributed by atoms with Gasteiger partial charge in [-0.25, -0.2) is 4.79 Å². The molecule has 0 spiro atoms. The van der Waals surface area contributed by atoms with Crippen LogP contribution in [-0.4, -0.2) is 35.5 Å². The van der Waals surface area contributed by atoms with E-state index in [1.807, 2.05) is 32.3 Å². The highest BCUT2D eigenvalue weighted by Crippen LogP contribution is 2.27. The number of nitrogens with one attached hydrogen (secondary N) is 2. The van der Waals surface area contributed by atoms with Gasteiger partial charge in [-0.05, 0) is 44.3 Å². The molecule has 0 amide bonds. The lowest BCUT2D eigenvalue weighted by Gasteiger charge is -2.29. The van der Waals surface area contributed by atoms with Crippen molar-refractivity contribution < 1.29 is 0 Å². The maximum Gasteiger partial charge on any atom is 0.323 e. The molecule has 2 rings (SSSR count). The first-order valence-corrected chi connectivity index (χ1v) is 6.11. The van der Waals surface area contributed by atoms with Gasteiger partial charge in [0.15, 0.2) is 0 Å². The van der Waals surface area contributed by atoms with Crippen LogP contribution in [-0.2, 0) is 0 Å². The number of aromatic amines is 2. The van der Waals surface area contributed by atoms with Crippen molar-refractivity contribution in [1.82, 2.24) is 14.9 Å². The molecule has 98 valence electrons. The molecule has 5 nitrogen and oxygen atoms in total. The van der Waals surface area contributed by atoms with Gasteiger partial charge in [-0.2, -0.15) is 0 Å². The van der Waals surface area contributed by atoms with Crippen LogP contribution in [0.25, 0.3) is 11.0 Å². The number of nitrogens with zero attached hydrogens (tertiary/aromatic N) is 1. The Balaban J connectivity index is 2.47. The van der Waals surface area contributed by atoms with E-state index in [0.717, 1.165) is 11.0 Å². The van der Waals surface area contributed by atoms with E-state index in [1.54, 1.807) is 0 Å². The number of imidazole rings is 1. The molecule has 0 fully saturated rings. The van der Waals surface area contributed by atoms with Crippen molar-refractivity contribution in [3.8, 4) is 0 Å². The molecule has 2 unspecified atom stereocenters. The summed E-state index contributed by atoms with van der Waals surface area (Å²) in [5.41, 5.74) is 8.45. The number of aromatic nitrogens is 2. The molecule has 0 aliphatic rings. The Morgan fingerprint density at radius 2 is 1.94 bits per heavy atom. The second kappa shape index (κ2) is 4.96. The van der Waals surface area contributed by atoms with Crippen LogP contribution in [0.15, 0.2) is 23.0 Å². The number of rotatable bonds is 4. The largest absolute Gasteiger partial charge is 0.330 e.